The molecule has 3 atom stereocenters. The van der Waals surface area contributed by atoms with Gasteiger partial charge >= 0.3 is 7.82 Å². The number of aliphatic hydroxyl groups is 1. The summed E-state index contributed by atoms with van der Waals surface area (Å²) in [5, 5.41) is 14.0. The fourth-order valence-corrected chi connectivity index (χ4v) is 12.6. The minimum Gasteiger partial charge on any atom is -0.387 e. The minimum atomic E-state index is -4.37. The molecule has 510 valence electrons. The molecule has 0 aromatic carbocycles. The smallest absolute Gasteiger partial charge is 0.387 e. The highest BCUT2D eigenvalue weighted by Gasteiger charge is 2.28. The van der Waals surface area contributed by atoms with Crippen molar-refractivity contribution >= 4 is 13.7 Å². The van der Waals surface area contributed by atoms with E-state index in [1.54, 1.807) is 6.08 Å². The fraction of sp³-hybridized carbons (Fsp3) is 0.909. The van der Waals surface area contributed by atoms with Crippen LogP contribution in [0.3, 0.4) is 0 Å². The number of rotatable bonds is 72. The average Bonchev–Trinajstić information content (AvgIpc) is 3.70. The predicted molar refractivity (Wildman–Crippen MR) is 378 cm³/mol. The number of hydrogen-bond donors (Lipinski definition) is 3. The molecule has 0 aromatic heterocycles. The van der Waals surface area contributed by atoms with E-state index >= 15 is 0 Å². The molecule has 0 aliphatic carbocycles. The van der Waals surface area contributed by atoms with Crippen LogP contribution in [-0.4, -0.2) is 73.4 Å². The van der Waals surface area contributed by atoms with Crippen molar-refractivity contribution in [2.45, 2.75) is 411 Å². The van der Waals surface area contributed by atoms with Crippen LogP contribution in [0.5, 0.6) is 0 Å². The van der Waals surface area contributed by atoms with E-state index in [0.717, 1.165) is 44.9 Å². The van der Waals surface area contributed by atoms with Gasteiger partial charge in [-0.1, -0.05) is 384 Å². The highest BCUT2D eigenvalue weighted by molar-refractivity contribution is 7.47. The molecule has 0 fully saturated rings. The summed E-state index contributed by atoms with van der Waals surface area (Å²) >= 11 is 0. The first-order chi connectivity index (χ1) is 42.0. The Balaban J connectivity index is 3.99. The zero-order chi connectivity index (χ0) is 62.6. The number of carbonyl (C=O) groups is 1. The molecule has 1 amide bonds. The molecule has 3 N–H and O–H groups in total. The van der Waals surface area contributed by atoms with Gasteiger partial charge in [0.05, 0.1) is 39.9 Å². The number of allylic oxidation sites excluding steroid dienone is 5. The van der Waals surface area contributed by atoms with Crippen LogP contribution >= 0.6 is 7.82 Å². The molecule has 0 saturated heterocycles. The molecule has 0 aliphatic rings. The van der Waals surface area contributed by atoms with Crippen molar-refractivity contribution in [3.63, 3.8) is 0 Å². The lowest BCUT2D eigenvalue weighted by molar-refractivity contribution is -0.870. The van der Waals surface area contributed by atoms with E-state index in [1.165, 1.54) is 334 Å². The number of nitrogens with zero attached hydrogens (tertiary/aromatic N) is 1. The summed E-state index contributed by atoms with van der Waals surface area (Å²) in [6, 6.07) is -0.870. The molecule has 0 spiro atoms. The van der Waals surface area contributed by atoms with Crippen LogP contribution in [0, 0.1) is 0 Å². The Hall–Kier alpha value is -1.28. The lowest BCUT2D eigenvalue weighted by Crippen LogP contribution is -2.45. The van der Waals surface area contributed by atoms with E-state index in [4.69, 9.17) is 9.05 Å². The summed E-state index contributed by atoms with van der Waals surface area (Å²) in [7, 11) is 1.56. The zero-order valence-corrected chi connectivity index (χ0v) is 59.5. The number of phosphoric acid groups is 1. The topological polar surface area (TPSA) is 105 Å². The van der Waals surface area contributed by atoms with E-state index in [2.05, 4.69) is 43.5 Å². The normalized spacial score (nSPS) is 13.7. The van der Waals surface area contributed by atoms with Crippen molar-refractivity contribution in [3.05, 3.63) is 36.5 Å². The Morgan fingerprint density at radius 1 is 0.384 bits per heavy atom. The first kappa shape index (κ1) is 84.7. The van der Waals surface area contributed by atoms with Gasteiger partial charge in [0.25, 0.3) is 0 Å². The van der Waals surface area contributed by atoms with Crippen LogP contribution in [0.25, 0.3) is 0 Å². The average molecular weight is 1230 g/mol. The molecule has 0 bridgehead atoms. The van der Waals surface area contributed by atoms with Gasteiger partial charge in [0, 0.05) is 6.42 Å². The minimum absolute atomic E-state index is 0.0555. The first-order valence-corrected chi connectivity index (χ1v) is 39.9. The fourth-order valence-electron chi connectivity index (χ4n) is 11.9. The molecule has 0 aromatic rings. The Bertz CT molecular complexity index is 1500. The summed E-state index contributed by atoms with van der Waals surface area (Å²) in [5.74, 6) is -0.182. The first-order valence-electron chi connectivity index (χ1n) is 38.4. The van der Waals surface area contributed by atoms with Crippen molar-refractivity contribution in [2.24, 2.45) is 0 Å². The van der Waals surface area contributed by atoms with Crippen LogP contribution in [0.15, 0.2) is 36.5 Å². The second kappa shape index (κ2) is 68.1. The number of likely N-dealkylation sites (N-methyl/N-ethyl adjacent to an activating group) is 1. The van der Waals surface area contributed by atoms with E-state index in [9.17, 15) is 19.4 Å². The van der Waals surface area contributed by atoms with Crippen molar-refractivity contribution in [3.8, 4) is 0 Å². The van der Waals surface area contributed by atoms with Crippen LogP contribution in [0.4, 0.5) is 0 Å². The number of aliphatic hydroxyl groups excluding tert-OH is 1. The van der Waals surface area contributed by atoms with Crippen molar-refractivity contribution in [1.29, 1.82) is 0 Å². The van der Waals surface area contributed by atoms with E-state index < -0.39 is 20.0 Å². The van der Waals surface area contributed by atoms with Gasteiger partial charge in [-0.25, -0.2) is 4.57 Å². The zero-order valence-electron chi connectivity index (χ0n) is 58.6. The Kier molecular flexibility index (Phi) is 67.1. The maximum absolute atomic E-state index is 13.1. The van der Waals surface area contributed by atoms with Crippen molar-refractivity contribution in [1.82, 2.24) is 5.32 Å². The quantitative estimate of drug-likeness (QED) is 0.0243. The molecule has 0 saturated carbocycles. The molecule has 3 unspecified atom stereocenters. The Morgan fingerprint density at radius 2 is 0.640 bits per heavy atom. The predicted octanol–water partition coefficient (Wildman–Crippen LogP) is 24.8. The van der Waals surface area contributed by atoms with Gasteiger partial charge in [0.1, 0.15) is 13.2 Å². The molecule has 9 heteroatoms. The Labute approximate surface area is 537 Å². The lowest BCUT2D eigenvalue weighted by Gasteiger charge is -2.25. The standard InChI is InChI=1S/C77H151N2O6P/c1-6-8-10-12-14-16-18-20-22-24-26-28-30-32-34-35-36-37-38-39-40-41-42-43-45-47-49-51-53-55-57-59-61-63-65-67-69-71-77(81)78-75(74-85-86(82,83)84-73-72-79(3,4)5)76(80)70-68-66-64-62-60-58-56-54-52-50-48-46-44-33-31-29-27-25-23-21-19-17-15-13-11-9-7-2/h52,54,60,62,68,70,75-76,80H,6-51,53,55-59,61,63-67,69,71-74H2,1-5H3,(H-,78,81,82,83)/p+1/b54-52+,62-60+,70-68+. The molecule has 0 rings (SSSR count). The maximum atomic E-state index is 13.1. The number of amides is 1. The number of nitrogens with one attached hydrogen (secondary N) is 1. The summed E-state index contributed by atoms with van der Waals surface area (Å²) in [5.41, 5.74) is 0. The number of phosphoric ester groups is 1. The summed E-state index contributed by atoms with van der Waals surface area (Å²) < 4.78 is 23.8. The second-order valence-electron chi connectivity index (χ2n) is 27.7. The van der Waals surface area contributed by atoms with E-state index in [1.807, 2.05) is 27.2 Å². The molecular formula is C77H152N2O6P+. The SMILES string of the molecule is CCCCCCCCCCCCCCCCCCC/C=C/CC/C=C/CC/C=C/C(O)C(COP(=O)(O)OCC[N+](C)(C)C)NC(=O)CCCCCCCCCCCCCCCCCCCCCCCCCCCCCCCCCCCCCCC. The molecule has 8 nitrogen and oxygen atoms in total. The van der Waals surface area contributed by atoms with Gasteiger partial charge in [0.2, 0.25) is 5.91 Å². The second-order valence-corrected chi connectivity index (χ2v) is 29.2. The molecule has 86 heavy (non-hydrogen) atoms. The van der Waals surface area contributed by atoms with E-state index in [-0.39, 0.29) is 19.1 Å². The number of carbonyl (C=O) groups excluding carboxylic acids is 1. The maximum Gasteiger partial charge on any atom is 0.472 e. The molecular weight excluding hydrogens is 1080 g/mol. The highest BCUT2D eigenvalue weighted by Crippen LogP contribution is 2.43. The lowest BCUT2D eigenvalue weighted by atomic mass is 10.0. The molecule has 0 heterocycles. The third-order valence-corrected chi connectivity index (χ3v) is 18.8. The van der Waals surface area contributed by atoms with Gasteiger partial charge in [-0.3, -0.25) is 13.8 Å². The van der Waals surface area contributed by atoms with Gasteiger partial charge in [0.15, 0.2) is 0 Å². The Morgan fingerprint density at radius 3 is 0.930 bits per heavy atom. The molecule has 0 radical (unpaired) electrons. The van der Waals surface area contributed by atoms with Gasteiger partial charge in [-0.2, -0.15) is 0 Å². The van der Waals surface area contributed by atoms with Crippen molar-refractivity contribution in [2.75, 3.05) is 40.9 Å². The van der Waals surface area contributed by atoms with Gasteiger partial charge < -0.3 is 19.8 Å². The third kappa shape index (κ3) is 70.2. The largest absolute Gasteiger partial charge is 0.472 e. The van der Waals surface area contributed by atoms with Crippen LogP contribution in [0.2, 0.25) is 0 Å². The monoisotopic (exact) mass is 1230 g/mol. The third-order valence-electron chi connectivity index (χ3n) is 17.8. The van der Waals surface area contributed by atoms with Crippen molar-refractivity contribution < 1.29 is 32.9 Å². The van der Waals surface area contributed by atoms with E-state index in [0.29, 0.717) is 17.4 Å². The highest BCUT2D eigenvalue weighted by atomic mass is 31.2. The van der Waals surface area contributed by atoms with Gasteiger partial charge in [-0.05, 0) is 44.9 Å². The molecule has 0 aliphatic heterocycles. The van der Waals surface area contributed by atoms with Crippen LogP contribution in [0.1, 0.15) is 399 Å². The number of quaternary nitrogens is 1. The van der Waals surface area contributed by atoms with Crippen LogP contribution in [-0.2, 0) is 18.4 Å². The number of unbranched alkanes of at least 4 members (excludes halogenated alkanes) is 55. The van der Waals surface area contributed by atoms with Gasteiger partial charge in [-0.15, -0.1) is 0 Å². The summed E-state index contributed by atoms with van der Waals surface area (Å²) in [6.07, 6.45) is 92.0. The summed E-state index contributed by atoms with van der Waals surface area (Å²) in [4.78, 5) is 23.4. The number of hydrogen-bond acceptors (Lipinski definition) is 5. The van der Waals surface area contributed by atoms with Crippen LogP contribution < -0.4 is 5.32 Å². The summed E-state index contributed by atoms with van der Waals surface area (Å²) in [6.45, 7) is 4.85.